The standard InChI is InChI=1S/C22H20ClN5O3/c1-4-5-17-21(29)27(12-15-6-8-18(23)24-11-15)19-9-7-16(13-28(19)22(17)30)31-20-10-14(2)25-26(20)3/h4,6-11,13H,1,5,12H2,2-3H3. The van der Waals surface area contributed by atoms with Crippen molar-refractivity contribution >= 4 is 17.2 Å². The van der Waals surface area contributed by atoms with Crippen molar-refractivity contribution in [3.05, 3.63) is 87.7 Å². The minimum absolute atomic E-state index is 0.128. The summed E-state index contributed by atoms with van der Waals surface area (Å²) in [4.78, 5) is 17.1. The Labute approximate surface area is 183 Å². The molecule has 0 fully saturated rings. The first kappa shape index (κ1) is 20.6. The Hall–Kier alpha value is -3.65. The number of rotatable bonds is 6. The molecular weight excluding hydrogens is 418 g/mol. The van der Waals surface area contributed by atoms with Crippen LogP contribution >= 0.6 is 11.6 Å². The molecule has 0 aliphatic carbocycles. The Balaban J connectivity index is 1.85. The Kier molecular flexibility index (Phi) is 5.48. The van der Waals surface area contributed by atoms with Crippen molar-refractivity contribution < 1.29 is 14.4 Å². The van der Waals surface area contributed by atoms with Gasteiger partial charge < -0.3 is 9.84 Å². The molecule has 4 rings (SSSR count). The summed E-state index contributed by atoms with van der Waals surface area (Å²) < 4.78 is 10.5. The Morgan fingerprint density at radius 2 is 2.13 bits per heavy atom. The van der Waals surface area contributed by atoms with Crippen LogP contribution in [0.2, 0.25) is 5.15 Å². The number of halogens is 1. The molecule has 158 valence electrons. The van der Waals surface area contributed by atoms with Crippen LogP contribution in [0.1, 0.15) is 16.8 Å². The molecule has 9 heteroatoms. The normalized spacial score (nSPS) is 11.1. The summed E-state index contributed by atoms with van der Waals surface area (Å²) in [6, 6.07) is 8.64. The summed E-state index contributed by atoms with van der Waals surface area (Å²) in [7, 11) is 1.77. The fraction of sp³-hybridized carbons (Fsp3) is 0.182. The van der Waals surface area contributed by atoms with Gasteiger partial charge in [-0.05, 0) is 19.1 Å². The highest BCUT2D eigenvalue weighted by molar-refractivity contribution is 6.29. The number of hydrogen-bond donors (Lipinski definition) is 0. The van der Waals surface area contributed by atoms with Crippen LogP contribution in [0.15, 0.2) is 60.2 Å². The fourth-order valence-corrected chi connectivity index (χ4v) is 3.49. The highest BCUT2D eigenvalue weighted by atomic mass is 35.5. The molecule has 0 amide bonds. The second kappa shape index (κ2) is 8.23. The van der Waals surface area contributed by atoms with Crippen molar-refractivity contribution in [2.75, 3.05) is 0 Å². The zero-order chi connectivity index (χ0) is 22.1. The van der Waals surface area contributed by atoms with Crippen LogP contribution < -0.4 is 20.0 Å². The number of allylic oxidation sites excluding steroid dienone is 1. The predicted molar refractivity (Wildman–Crippen MR) is 114 cm³/mol. The van der Waals surface area contributed by atoms with Crippen molar-refractivity contribution in [3.63, 3.8) is 0 Å². The molecule has 0 bridgehead atoms. The van der Waals surface area contributed by atoms with E-state index in [1.54, 1.807) is 54.5 Å². The van der Waals surface area contributed by atoms with Crippen LogP contribution in [0.5, 0.6) is 17.5 Å². The lowest BCUT2D eigenvalue weighted by Crippen LogP contribution is -2.45. The van der Waals surface area contributed by atoms with Crippen LogP contribution in [-0.2, 0) is 20.0 Å². The van der Waals surface area contributed by atoms with E-state index < -0.39 is 5.56 Å². The summed E-state index contributed by atoms with van der Waals surface area (Å²) in [5, 5.41) is 17.7. The Bertz CT molecular complexity index is 1340. The van der Waals surface area contributed by atoms with E-state index in [-0.39, 0.29) is 24.4 Å². The summed E-state index contributed by atoms with van der Waals surface area (Å²) in [5.74, 6) is 0.619. The molecule has 0 unspecified atom stereocenters. The van der Waals surface area contributed by atoms with E-state index >= 15 is 0 Å². The average Bonchev–Trinajstić information content (AvgIpc) is 3.06. The van der Waals surface area contributed by atoms with Crippen molar-refractivity contribution in [3.8, 4) is 17.5 Å². The summed E-state index contributed by atoms with van der Waals surface area (Å²) in [6.07, 6.45) is 4.87. The van der Waals surface area contributed by atoms with Gasteiger partial charge in [-0.2, -0.15) is 9.50 Å². The van der Waals surface area contributed by atoms with Crippen molar-refractivity contribution in [2.45, 2.75) is 19.9 Å². The lowest BCUT2D eigenvalue weighted by atomic mass is 10.2. The number of aromatic nitrogens is 5. The number of ether oxygens (including phenoxy) is 1. The molecule has 0 saturated carbocycles. The van der Waals surface area contributed by atoms with Gasteiger partial charge in [-0.25, -0.2) is 19.0 Å². The summed E-state index contributed by atoms with van der Waals surface area (Å²) in [6.45, 7) is 5.77. The van der Waals surface area contributed by atoms with Gasteiger partial charge in [0.15, 0.2) is 5.75 Å². The van der Waals surface area contributed by atoms with E-state index in [9.17, 15) is 9.90 Å². The highest BCUT2D eigenvalue weighted by Crippen LogP contribution is 2.22. The number of fused-ring (bicyclic) bond motifs is 1. The number of nitrogens with zero attached hydrogens (tertiary/aromatic N) is 5. The lowest BCUT2D eigenvalue weighted by Gasteiger charge is -2.16. The van der Waals surface area contributed by atoms with Crippen LogP contribution in [0.4, 0.5) is 0 Å². The van der Waals surface area contributed by atoms with E-state index in [4.69, 9.17) is 16.3 Å². The monoisotopic (exact) mass is 437 g/mol. The second-order valence-corrected chi connectivity index (χ2v) is 7.49. The second-order valence-electron chi connectivity index (χ2n) is 7.10. The molecule has 0 aromatic carbocycles. The van der Waals surface area contributed by atoms with E-state index in [2.05, 4.69) is 16.7 Å². The van der Waals surface area contributed by atoms with E-state index in [0.29, 0.717) is 22.4 Å². The molecule has 0 N–H and O–H groups in total. The molecule has 4 aromatic rings. The zero-order valence-electron chi connectivity index (χ0n) is 17.1. The number of aryl methyl sites for hydroxylation is 2. The van der Waals surface area contributed by atoms with Gasteiger partial charge >= 0.3 is 5.56 Å². The first-order chi connectivity index (χ1) is 14.9. The van der Waals surface area contributed by atoms with Gasteiger partial charge in [-0.15, -0.1) is 6.58 Å². The van der Waals surface area contributed by atoms with Crippen molar-refractivity contribution in [2.24, 2.45) is 7.05 Å². The fourth-order valence-electron chi connectivity index (χ4n) is 3.38. The minimum Gasteiger partial charge on any atom is -0.842 e. The Morgan fingerprint density at radius 1 is 1.32 bits per heavy atom. The third-order valence-corrected chi connectivity index (χ3v) is 5.04. The Morgan fingerprint density at radius 3 is 2.77 bits per heavy atom. The quantitative estimate of drug-likeness (QED) is 0.262. The van der Waals surface area contributed by atoms with Gasteiger partial charge in [0.05, 0.1) is 17.1 Å². The first-order valence-corrected chi connectivity index (χ1v) is 9.93. The smallest absolute Gasteiger partial charge is 0.345 e. The molecule has 0 saturated heterocycles. The maximum Gasteiger partial charge on any atom is 0.345 e. The van der Waals surface area contributed by atoms with Gasteiger partial charge in [0.2, 0.25) is 5.88 Å². The van der Waals surface area contributed by atoms with Gasteiger partial charge in [0.25, 0.3) is 5.65 Å². The summed E-state index contributed by atoms with van der Waals surface area (Å²) >= 11 is 5.87. The number of pyridine rings is 2. The molecule has 4 aromatic heterocycles. The van der Waals surface area contributed by atoms with Crippen LogP contribution in [-0.4, -0.2) is 19.2 Å². The maximum atomic E-state index is 13.1. The molecule has 0 radical (unpaired) electrons. The molecule has 4 heterocycles. The lowest BCUT2D eigenvalue weighted by molar-refractivity contribution is -0.709. The molecule has 8 nitrogen and oxygen atoms in total. The SMILES string of the molecule is C=CCc1c([O-])[n+](Cc2ccc(Cl)nc2)c2ccc(Oc3cc(C)nn3C)cn2c1=O. The molecule has 0 aliphatic rings. The number of hydrogen-bond acceptors (Lipinski definition) is 5. The van der Waals surface area contributed by atoms with Crippen molar-refractivity contribution in [1.82, 2.24) is 19.2 Å². The highest BCUT2D eigenvalue weighted by Gasteiger charge is 2.20. The van der Waals surface area contributed by atoms with Crippen LogP contribution in [0.3, 0.4) is 0 Å². The van der Waals surface area contributed by atoms with E-state index in [1.165, 1.54) is 15.0 Å². The van der Waals surface area contributed by atoms with Crippen LogP contribution in [0.25, 0.3) is 5.65 Å². The molecule has 0 spiro atoms. The third kappa shape index (κ3) is 4.02. The van der Waals surface area contributed by atoms with E-state index in [1.807, 2.05) is 6.92 Å². The van der Waals surface area contributed by atoms with Gasteiger partial charge in [-0.1, -0.05) is 23.7 Å². The average molecular weight is 438 g/mol. The molecule has 31 heavy (non-hydrogen) atoms. The topological polar surface area (TPSA) is 88.4 Å². The largest absolute Gasteiger partial charge is 0.842 e. The van der Waals surface area contributed by atoms with Crippen molar-refractivity contribution in [1.29, 1.82) is 0 Å². The van der Waals surface area contributed by atoms with Gasteiger partial charge in [0.1, 0.15) is 17.9 Å². The minimum atomic E-state index is -0.406. The zero-order valence-corrected chi connectivity index (χ0v) is 17.8. The summed E-state index contributed by atoms with van der Waals surface area (Å²) in [5.41, 5.74) is 1.75. The van der Waals surface area contributed by atoms with Gasteiger partial charge in [-0.3, -0.25) is 0 Å². The van der Waals surface area contributed by atoms with Crippen LogP contribution in [0, 0.1) is 6.92 Å². The molecular formula is C22H20ClN5O3. The molecule has 0 atom stereocenters. The van der Waals surface area contributed by atoms with E-state index in [0.717, 1.165) is 11.3 Å². The first-order valence-electron chi connectivity index (χ1n) is 9.55. The third-order valence-electron chi connectivity index (χ3n) is 4.82. The predicted octanol–water partition coefficient (Wildman–Crippen LogP) is 2.32. The van der Waals surface area contributed by atoms with Gasteiger partial charge in [0, 0.05) is 37.4 Å². The molecule has 0 aliphatic heterocycles. The maximum absolute atomic E-state index is 13.1.